The highest BCUT2D eigenvalue weighted by Gasteiger charge is 2.27. The highest BCUT2D eigenvalue weighted by Crippen LogP contribution is 2.31. The van der Waals surface area contributed by atoms with E-state index in [4.69, 9.17) is 0 Å². The van der Waals surface area contributed by atoms with Crippen LogP contribution in [0.1, 0.15) is 30.5 Å². The van der Waals surface area contributed by atoms with Crippen molar-refractivity contribution in [3.8, 4) is 17.2 Å². The van der Waals surface area contributed by atoms with Gasteiger partial charge in [0.2, 0.25) is 0 Å². The molecule has 0 aliphatic carbocycles. The van der Waals surface area contributed by atoms with Gasteiger partial charge in [-0.2, -0.15) is 10.4 Å². The second-order valence-electron chi connectivity index (χ2n) is 8.00. The quantitative estimate of drug-likeness (QED) is 0.539. The lowest BCUT2D eigenvalue weighted by molar-refractivity contribution is 0.607. The molecule has 0 aliphatic rings. The molecule has 2 aromatic carbocycles. The molecule has 4 rings (SSSR count). The summed E-state index contributed by atoms with van der Waals surface area (Å²) >= 11 is 0. The second kappa shape index (κ2) is 7.64. The number of fused-ring (bicyclic) bond motifs is 1. The number of aromatic nitrogens is 3. The van der Waals surface area contributed by atoms with Crippen molar-refractivity contribution in [1.82, 2.24) is 14.8 Å². The molecule has 0 spiro atoms. The van der Waals surface area contributed by atoms with E-state index in [-0.39, 0.29) is 5.56 Å². The smallest absolute Gasteiger partial charge is 0.251 e. The van der Waals surface area contributed by atoms with Crippen LogP contribution in [0.2, 0.25) is 0 Å². The highest BCUT2D eigenvalue weighted by atomic mass is 16.1. The summed E-state index contributed by atoms with van der Waals surface area (Å²) in [6, 6.07) is 18.6. The van der Waals surface area contributed by atoms with E-state index < -0.39 is 5.41 Å². The SMILES string of the molecule is CCc1cc2ccc(C(C)(C#N)Cc3cccc(-c4cnn(C)c4)c3)cc2[nH]c1=O. The van der Waals surface area contributed by atoms with Gasteiger partial charge < -0.3 is 4.98 Å². The molecule has 0 fully saturated rings. The number of H-pyrrole nitrogens is 1. The number of aryl methyl sites for hydroxylation is 2. The molecule has 0 saturated heterocycles. The van der Waals surface area contributed by atoms with E-state index in [2.05, 4.69) is 28.3 Å². The fourth-order valence-corrected chi connectivity index (χ4v) is 3.90. The molecule has 1 unspecified atom stereocenters. The van der Waals surface area contributed by atoms with Crippen LogP contribution in [0.4, 0.5) is 0 Å². The number of nitrogens with one attached hydrogen (secondary N) is 1. The third-order valence-corrected chi connectivity index (χ3v) is 5.71. The van der Waals surface area contributed by atoms with Crippen LogP contribution >= 0.6 is 0 Å². The van der Waals surface area contributed by atoms with Crippen LogP contribution in [-0.2, 0) is 25.3 Å². The Labute approximate surface area is 175 Å². The first-order chi connectivity index (χ1) is 14.4. The van der Waals surface area contributed by atoms with Crippen molar-refractivity contribution in [1.29, 1.82) is 5.26 Å². The lowest BCUT2D eigenvalue weighted by Crippen LogP contribution is -2.23. The fourth-order valence-electron chi connectivity index (χ4n) is 3.90. The third-order valence-electron chi connectivity index (χ3n) is 5.71. The van der Waals surface area contributed by atoms with Crippen LogP contribution in [0, 0.1) is 11.3 Å². The van der Waals surface area contributed by atoms with E-state index in [1.165, 1.54) is 0 Å². The summed E-state index contributed by atoms with van der Waals surface area (Å²) in [4.78, 5) is 15.2. The van der Waals surface area contributed by atoms with Crippen LogP contribution in [0.5, 0.6) is 0 Å². The Kier molecular flexibility index (Phi) is 5.01. The second-order valence-corrected chi connectivity index (χ2v) is 8.00. The standard InChI is InChI=1S/C25H24N4O/c1-4-18-11-20-8-9-22(12-23(20)28-24(18)30)25(2,16-26)13-17-6-5-7-19(10-17)21-14-27-29(3)15-21/h5-12,14-15H,4,13H2,1-3H3,(H,28,30). The molecule has 5 heteroatoms. The molecule has 0 saturated carbocycles. The maximum absolute atomic E-state index is 12.2. The Morgan fingerprint density at radius 3 is 2.70 bits per heavy atom. The van der Waals surface area contributed by atoms with Crippen molar-refractivity contribution in [2.45, 2.75) is 32.1 Å². The largest absolute Gasteiger partial charge is 0.322 e. The number of benzene rings is 2. The van der Waals surface area contributed by atoms with Gasteiger partial charge in [-0.25, -0.2) is 0 Å². The molecule has 0 bridgehead atoms. The lowest BCUT2D eigenvalue weighted by atomic mass is 9.78. The molecule has 150 valence electrons. The van der Waals surface area contributed by atoms with E-state index >= 15 is 0 Å². The first-order valence-electron chi connectivity index (χ1n) is 10.1. The zero-order valence-electron chi connectivity index (χ0n) is 17.4. The van der Waals surface area contributed by atoms with Gasteiger partial charge in [-0.1, -0.05) is 43.3 Å². The van der Waals surface area contributed by atoms with Gasteiger partial charge >= 0.3 is 0 Å². The zero-order valence-corrected chi connectivity index (χ0v) is 17.4. The molecular weight excluding hydrogens is 372 g/mol. The third kappa shape index (κ3) is 3.65. The molecule has 1 N–H and O–H groups in total. The number of rotatable bonds is 5. The fraction of sp³-hybridized carbons (Fsp3) is 0.240. The monoisotopic (exact) mass is 396 g/mol. The van der Waals surface area contributed by atoms with Crippen molar-refractivity contribution in [3.63, 3.8) is 0 Å². The summed E-state index contributed by atoms with van der Waals surface area (Å²) in [6.07, 6.45) is 5.08. The van der Waals surface area contributed by atoms with Gasteiger partial charge in [-0.05, 0) is 54.0 Å². The van der Waals surface area contributed by atoms with Gasteiger partial charge in [0.1, 0.15) is 0 Å². The van der Waals surface area contributed by atoms with Crippen LogP contribution in [0.25, 0.3) is 22.0 Å². The van der Waals surface area contributed by atoms with Crippen LogP contribution < -0.4 is 5.56 Å². The Bertz CT molecular complexity index is 1320. The predicted molar refractivity (Wildman–Crippen MR) is 119 cm³/mol. The van der Waals surface area contributed by atoms with Gasteiger partial charge in [-0.15, -0.1) is 0 Å². The molecule has 0 amide bonds. The Hall–Kier alpha value is -3.65. The number of pyridine rings is 1. The lowest BCUT2D eigenvalue weighted by Gasteiger charge is -2.23. The first-order valence-corrected chi connectivity index (χ1v) is 10.1. The molecule has 5 nitrogen and oxygen atoms in total. The number of nitrogens with zero attached hydrogens (tertiary/aromatic N) is 3. The van der Waals surface area contributed by atoms with E-state index in [0.717, 1.165) is 38.7 Å². The summed E-state index contributed by atoms with van der Waals surface area (Å²) in [5, 5.41) is 15.3. The first kappa shape index (κ1) is 19.7. The van der Waals surface area contributed by atoms with Gasteiger partial charge in [-0.3, -0.25) is 9.48 Å². The van der Waals surface area contributed by atoms with Crippen molar-refractivity contribution in [2.24, 2.45) is 7.05 Å². The maximum Gasteiger partial charge on any atom is 0.251 e. The average Bonchev–Trinajstić information content (AvgIpc) is 3.19. The van der Waals surface area contributed by atoms with Crippen molar-refractivity contribution < 1.29 is 0 Å². The summed E-state index contributed by atoms with van der Waals surface area (Å²) in [6.45, 7) is 3.92. The Morgan fingerprint density at radius 2 is 2.00 bits per heavy atom. The summed E-state index contributed by atoms with van der Waals surface area (Å²) in [5.41, 5.74) is 4.85. The summed E-state index contributed by atoms with van der Waals surface area (Å²) in [7, 11) is 1.90. The van der Waals surface area contributed by atoms with Gasteiger partial charge in [0.05, 0.1) is 17.7 Å². The van der Waals surface area contributed by atoms with E-state index in [9.17, 15) is 10.1 Å². The van der Waals surface area contributed by atoms with Crippen molar-refractivity contribution in [2.75, 3.05) is 0 Å². The molecule has 2 heterocycles. The molecule has 4 aromatic rings. The number of hydrogen-bond acceptors (Lipinski definition) is 3. The predicted octanol–water partition coefficient (Wildman–Crippen LogP) is 4.51. The van der Waals surface area contributed by atoms with Crippen LogP contribution in [0.3, 0.4) is 0 Å². The molecule has 1 atom stereocenters. The number of hydrogen-bond donors (Lipinski definition) is 1. The van der Waals surface area contributed by atoms with Crippen LogP contribution in [0.15, 0.2) is 65.7 Å². The van der Waals surface area contributed by atoms with Crippen molar-refractivity contribution in [3.05, 3.63) is 88.0 Å². The maximum atomic E-state index is 12.2. The number of nitriles is 1. The zero-order chi connectivity index (χ0) is 21.3. The van der Waals surface area contributed by atoms with E-state index in [1.807, 2.05) is 69.7 Å². The molecule has 0 radical (unpaired) electrons. The summed E-state index contributed by atoms with van der Waals surface area (Å²) in [5.74, 6) is 0. The topological polar surface area (TPSA) is 74.5 Å². The van der Waals surface area contributed by atoms with Crippen molar-refractivity contribution >= 4 is 10.9 Å². The minimum Gasteiger partial charge on any atom is -0.322 e. The molecular formula is C25H24N4O. The minimum absolute atomic E-state index is 0.0648. The Morgan fingerprint density at radius 1 is 1.17 bits per heavy atom. The minimum atomic E-state index is -0.720. The molecule has 0 aliphatic heterocycles. The normalized spacial score (nSPS) is 13.1. The van der Waals surface area contributed by atoms with Gasteiger partial charge in [0, 0.05) is 29.9 Å². The van der Waals surface area contributed by atoms with E-state index in [0.29, 0.717) is 12.8 Å². The highest BCUT2D eigenvalue weighted by molar-refractivity contribution is 5.80. The van der Waals surface area contributed by atoms with Gasteiger partial charge in [0.25, 0.3) is 5.56 Å². The molecule has 2 aromatic heterocycles. The summed E-state index contributed by atoms with van der Waals surface area (Å²) < 4.78 is 1.78. The molecule has 30 heavy (non-hydrogen) atoms. The number of aromatic amines is 1. The van der Waals surface area contributed by atoms with E-state index in [1.54, 1.807) is 4.68 Å². The van der Waals surface area contributed by atoms with Crippen LogP contribution in [-0.4, -0.2) is 14.8 Å². The Balaban J connectivity index is 1.70. The average molecular weight is 396 g/mol. The van der Waals surface area contributed by atoms with Gasteiger partial charge in [0.15, 0.2) is 0 Å².